The molecule has 0 saturated carbocycles. The summed E-state index contributed by atoms with van der Waals surface area (Å²) in [4.78, 5) is 0. The summed E-state index contributed by atoms with van der Waals surface area (Å²) in [7, 11) is 0. The van der Waals surface area contributed by atoms with Crippen LogP contribution in [0.5, 0.6) is 0 Å². The second-order valence-corrected chi connectivity index (χ2v) is 1.94. The zero-order valence-electron chi connectivity index (χ0n) is 5.60. The molecule has 0 bridgehead atoms. The maximum absolute atomic E-state index is 3.88. The van der Waals surface area contributed by atoms with Crippen LogP contribution in [0.4, 0.5) is 0 Å². The third kappa shape index (κ3) is 0.878. The maximum Gasteiger partial charge on any atom is 0.178 e. The van der Waals surface area contributed by atoms with Crippen LogP contribution >= 0.6 is 0 Å². The lowest BCUT2D eigenvalue weighted by Gasteiger charge is -1.91. The van der Waals surface area contributed by atoms with Crippen molar-refractivity contribution in [3.63, 3.8) is 0 Å². The van der Waals surface area contributed by atoms with Gasteiger partial charge in [0.15, 0.2) is 11.6 Å². The second kappa shape index (κ2) is 2.15. The highest BCUT2D eigenvalue weighted by molar-refractivity contribution is 5.18. The van der Waals surface area contributed by atoms with Crippen molar-refractivity contribution in [2.45, 2.75) is 0 Å². The average molecular weight is 149 g/mol. The van der Waals surface area contributed by atoms with E-state index in [-0.39, 0.29) is 0 Å². The van der Waals surface area contributed by atoms with Crippen molar-refractivity contribution in [2.75, 3.05) is 0 Å². The molecule has 6 nitrogen and oxygen atoms in total. The van der Waals surface area contributed by atoms with Gasteiger partial charge in [0.2, 0.25) is 0 Å². The topological polar surface area (TPSA) is 72.3 Å². The lowest BCUT2D eigenvalue weighted by atomic mass is 10.6. The number of nitrogens with one attached hydrogen (secondary N) is 1. The van der Waals surface area contributed by atoms with Crippen molar-refractivity contribution < 1.29 is 0 Å². The highest BCUT2D eigenvalue weighted by atomic mass is 15.6. The fourth-order valence-corrected chi connectivity index (χ4v) is 0.754. The first-order chi connectivity index (χ1) is 5.38. The van der Waals surface area contributed by atoms with E-state index in [0.29, 0.717) is 11.6 Å². The summed E-state index contributed by atoms with van der Waals surface area (Å²) < 4.78 is 1.44. The minimum atomic E-state index is 0.470. The highest BCUT2D eigenvalue weighted by Gasteiger charge is 2.03. The zero-order chi connectivity index (χ0) is 7.68. The van der Waals surface area contributed by atoms with E-state index in [1.54, 1.807) is 12.3 Å². The minimum Gasteiger partial charge on any atom is -0.284 e. The van der Waals surface area contributed by atoms with Gasteiger partial charge in [0.1, 0.15) is 0 Å². The number of aromatic amines is 1. The van der Waals surface area contributed by atoms with E-state index in [1.165, 1.54) is 4.68 Å². The number of rotatable bonds is 1. The number of hydrogen-bond acceptors (Lipinski definition) is 4. The summed E-state index contributed by atoms with van der Waals surface area (Å²) in [6, 6.07) is 1.76. The van der Waals surface area contributed by atoms with E-state index >= 15 is 0 Å². The standard InChI is InChI=1S/C5H5N6/c1-4-7-9-10-11(4)5-2-3-6-8-5/h2-3H,1H2,(H,6,8). The molecule has 0 aromatic carbocycles. The van der Waals surface area contributed by atoms with Crippen LogP contribution in [0.1, 0.15) is 5.82 Å². The van der Waals surface area contributed by atoms with Crippen molar-refractivity contribution in [2.24, 2.45) is 0 Å². The molecule has 2 heterocycles. The molecule has 0 aliphatic heterocycles. The SMILES string of the molecule is [CH2]c1nnnn1-c1cc[nH]n1. The van der Waals surface area contributed by atoms with Crippen molar-refractivity contribution in [3.05, 3.63) is 25.0 Å². The van der Waals surface area contributed by atoms with Crippen LogP contribution in [0.3, 0.4) is 0 Å². The molecule has 2 aromatic rings. The monoisotopic (exact) mass is 149 g/mol. The van der Waals surface area contributed by atoms with Crippen molar-refractivity contribution >= 4 is 0 Å². The smallest absolute Gasteiger partial charge is 0.178 e. The first kappa shape index (κ1) is 6.02. The van der Waals surface area contributed by atoms with Crippen molar-refractivity contribution in [1.82, 2.24) is 30.4 Å². The molecule has 0 fully saturated rings. The van der Waals surface area contributed by atoms with Crippen molar-refractivity contribution in [3.8, 4) is 5.82 Å². The Morgan fingerprint density at radius 2 is 2.45 bits per heavy atom. The number of H-pyrrole nitrogens is 1. The van der Waals surface area contributed by atoms with Crippen LogP contribution in [0.2, 0.25) is 0 Å². The molecule has 0 atom stereocenters. The number of tetrazole rings is 1. The molecule has 2 rings (SSSR count). The fraction of sp³-hybridized carbons (Fsp3) is 0. The average Bonchev–Trinajstić information content (AvgIpc) is 2.55. The fourth-order valence-electron chi connectivity index (χ4n) is 0.754. The Labute approximate surface area is 62.2 Å². The minimum absolute atomic E-state index is 0.470. The summed E-state index contributed by atoms with van der Waals surface area (Å²) in [5.74, 6) is 1.11. The van der Waals surface area contributed by atoms with E-state index in [4.69, 9.17) is 0 Å². The van der Waals surface area contributed by atoms with Gasteiger partial charge in [0.05, 0.1) is 0 Å². The molecule has 1 radical (unpaired) electrons. The Kier molecular flexibility index (Phi) is 1.18. The molecule has 0 amide bonds. The van der Waals surface area contributed by atoms with E-state index < -0.39 is 0 Å². The van der Waals surface area contributed by atoms with Crippen LogP contribution in [0.25, 0.3) is 5.82 Å². The van der Waals surface area contributed by atoms with Gasteiger partial charge in [0, 0.05) is 19.2 Å². The number of nitrogens with zero attached hydrogens (tertiary/aromatic N) is 5. The molecule has 2 aromatic heterocycles. The van der Waals surface area contributed by atoms with Crippen molar-refractivity contribution in [1.29, 1.82) is 0 Å². The van der Waals surface area contributed by atoms with Crippen LogP contribution in [-0.2, 0) is 0 Å². The quantitative estimate of drug-likeness (QED) is 0.597. The van der Waals surface area contributed by atoms with Crippen LogP contribution in [0.15, 0.2) is 12.3 Å². The molecular weight excluding hydrogens is 144 g/mol. The van der Waals surface area contributed by atoms with Gasteiger partial charge < -0.3 is 0 Å². The number of aromatic nitrogens is 6. The van der Waals surface area contributed by atoms with Crippen LogP contribution in [-0.4, -0.2) is 30.4 Å². The summed E-state index contributed by atoms with van der Waals surface area (Å²) >= 11 is 0. The maximum atomic E-state index is 3.88. The predicted octanol–water partition coefficient (Wildman–Crippen LogP) is -0.432. The molecule has 0 unspecified atom stereocenters. The Morgan fingerprint density at radius 3 is 3.00 bits per heavy atom. The second-order valence-electron chi connectivity index (χ2n) is 1.94. The largest absolute Gasteiger partial charge is 0.284 e. The lowest BCUT2D eigenvalue weighted by Crippen LogP contribution is -1.99. The third-order valence-electron chi connectivity index (χ3n) is 1.24. The lowest BCUT2D eigenvalue weighted by molar-refractivity contribution is 0.761. The highest BCUT2D eigenvalue weighted by Crippen LogP contribution is 1.99. The van der Waals surface area contributed by atoms with Gasteiger partial charge in [-0.05, 0) is 10.4 Å². The molecule has 0 aliphatic rings. The Balaban J connectivity index is 2.53. The Hall–Kier alpha value is -1.72. The van der Waals surface area contributed by atoms with Gasteiger partial charge in [-0.2, -0.15) is 9.78 Å². The first-order valence-electron chi connectivity index (χ1n) is 2.98. The van der Waals surface area contributed by atoms with Crippen LogP contribution < -0.4 is 0 Å². The number of hydrogen-bond donors (Lipinski definition) is 1. The van der Waals surface area contributed by atoms with Gasteiger partial charge in [0.25, 0.3) is 0 Å². The van der Waals surface area contributed by atoms with Gasteiger partial charge in [-0.25, -0.2) is 0 Å². The van der Waals surface area contributed by atoms with E-state index in [1.807, 2.05) is 0 Å². The Morgan fingerprint density at radius 1 is 1.55 bits per heavy atom. The third-order valence-corrected chi connectivity index (χ3v) is 1.24. The van der Waals surface area contributed by atoms with Gasteiger partial charge in [-0.15, -0.1) is 5.10 Å². The predicted molar refractivity (Wildman–Crippen MR) is 35.8 cm³/mol. The van der Waals surface area contributed by atoms with E-state index in [9.17, 15) is 0 Å². The molecular formula is C5H5N6. The van der Waals surface area contributed by atoms with E-state index in [2.05, 4.69) is 32.6 Å². The molecule has 11 heavy (non-hydrogen) atoms. The van der Waals surface area contributed by atoms with Crippen LogP contribution in [0, 0.1) is 6.92 Å². The Bertz CT molecular complexity index is 333. The van der Waals surface area contributed by atoms with Gasteiger partial charge >= 0.3 is 0 Å². The zero-order valence-corrected chi connectivity index (χ0v) is 5.60. The molecule has 0 aliphatic carbocycles. The van der Waals surface area contributed by atoms with Gasteiger partial charge in [-0.1, -0.05) is 0 Å². The van der Waals surface area contributed by atoms with E-state index in [0.717, 1.165) is 0 Å². The van der Waals surface area contributed by atoms with Gasteiger partial charge in [-0.3, -0.25) is 5.10 Å². The summed E-state index contributed by atoms with van der Waals surface area (Å²) in [5.41, 5.74) is 0. The molecule has 1 N–H and O–H groups in total. The normalized spacial score (nSPS) is 10.3. The molecule has 6 heteroatoms. The summed E-state index contributed by atoms with van der Waals surface area (Å²) in [6.07, 6.45) is 1.69. The molecule has 0 saturated heterocycles. The summed E-state index contributed by atoms with van der Waals surface area (Å²) in [6.45, 7) is 3.61. The molecule has 0 spiro atoms. The first-order valence-corrected chi connectivity index (χ1v) is 2.98. The molecule has 55 valence electrons. The summed E-state index contributed by atoms with van der Waals surface area (Å²) in [5, 5.41) is 17.2.